The quantitative estimate of drug-likeness (QED) is 0.503. The number of rotatable bonds is 6. The van der Waals surface area contributed by atoms with Gasteiger partial charge < -0.3 is 24.8 Å². The van der Waals surface area contributed by atoms with Crippen molar-refractivity contribution in [2.45, 2.75) is 58.0 Å². The van der Waals surface area contributed by atoms with E-state index < -0.39 is 17.4 Å². The van der Waals surface area contributed by atoms with Gasteiger partial charge in [-0.05, 0) is 63.8 Å². The molecule has 1 aromatic carbocycles. The number of benzene rings is 1. The number of hydrogen-bond acceptors (Lipinski definition) is 6. The van der Waals surface area contributed by atoms with E-state index in [4.69, 9.17) is 9.72 Å². The van der Waals surface area contributed by atoms with Crippen LogP contribution in [-0.2, 0) is 0 Å². The van der Waals surface area contributed by atoms with E-state index in [1.54, 1.807) is 24.1 Å². The highest BCUT2D eigenvalue weighted by Gasteiger charge is 2.33. The number of pyridine rings is 2. The van der Waals surface area contributed by atoms with Gasteiger partial charge >= 0.3 is 0 Å². The Morgan fingerprint density at radius 3 is 2.71 bits per heavy atom. The molecule has 2 aromatic heterocycles. The zero-order chi connectivity index (χ0) is 27.1. The fourth-order valence-corrected chi connectivity index (χ4v) is 5.36. The number of methoxy groups -OCH3 is 1. The van der Waals surface area contributed by atoms with Gasteiger partial charge in [-0.3, -0.25) is 14.6 Å². The van der Waals surface area contributed by atoms with Crippen LogP contribution in [0, 0.1) is 12.7 Å². The monoisotopic (exact) mass is 521 g/mol. The van der Waals surface area contributed by atoms with Gasteiger partial charge in [-0.15, -0.1) is 0 Å². The van der Waals surface area contributed by atoms with Crippen LogP contribution in [0.2, 0.25) is 0 Å². The zero-order valence-electron chi connectivity index (χ0n) is 22.7. The normalized spacial score (nSPS) is 18.8. The maximum atomic E-state index is 14.1. The fraction of sp³-hybridized carbons (Fsp3) is 0.483. The van der Waals surface area contributed by atoms with Crippen molar-refractivity contribution >= 4 is 22.5 Å². The van der Waals surface area contributed by atoms with Gasteiger partial charge in [0.1, 0.15) is 5.56 Å². The van der Waals surface area contributed by atoms with E-state index in [0.717, 1.165) is 54.6 Å². The van der Waals surface area contributed by atoms with E-state index in [1.165, 1.54) is 13.2 Å². The van der Waals surface area contributed by atoms with Crippen LogP contribution < -0.4 is 20.5 Å². The molecule has 202 valence electrons. The Hall–Kier alpha value is -3.46. The molecule has 3 aromatic rings. The third-order valence-corrected chi connectivity index (χ3v) is 7.89. The first-order valence-corrected chi connectivity index (χ1v) is 13.4. The van der Waals surface area contributed by atoms with Crippen molar-refractivity contribution in [3.05, 3.63) is 63.0 Å². The average Bonchev–Trinajstić information content (AvgIpc) is 3.75. The number of nitrogens with one attached hydrogen (secondary N) is 2. The summed E-state index contributed by atoms with van der Waals surface area (Å²) in [6.07, 6.45) is 3.00. The first-order valence-electron chi connectivity index (χ1n) is 13.4. The van der Waals surface area contributed by atoms with E-state index in [0.29, 0.717) is 29.8 Å². The van der Waals surface area contributed by atoms with Crippen molar-refractivity contribution < 1.29 is 13.9 Å². The van der Waals surface area contributed by atoms with Gasteiger partial charge in [0.2, 0.25) is 0 Å². The van der Waals surface area contributed by atoms with Crippen molar-refractivity contribution in [1.29, 1.82) is 0 Å². The van der Waals surface area contributed by atoms with Gasteiger partial charge in [0.15, 0.2) is 11.6 Å². The third kappa shape index (κ3) is 4.87. The summed E-state index contributed by atoms with van der Waals surface area (Å²) in [4.78, 5) is 39.4. The molecule has 2 fully saturated rings. The lowest BCUT2D eigenvalue weighted by Gasteiger charge is -2.30. The Balaban J connectivity index is 1.65. The van der Waals surface area contributed by atoms with Crippen LogP contribution in [0.25, 0.3) is 10.9 Å². The standard InChI is InChI=1S/C29H36FN5O3/c1-16-10-12-35(13-11-31-16)27-21-14-17(2)32-25(19-6-7-19)26(21)33-28(36)24(27)29(37)34(4)18(3)20-8-9-22(30)23(15-20)38-5/h8-9,14-16,18-19,31H,6-7,10-13H2,1-5H3,(H,33,36)/t16-,18-/m0/s1. The number of aromatic nitrogens is 2. The maximum Gasteiger partial charge on any atom is 0.263 e. The summed E-state index contributed by atoms with van der Waals surface area (Å²) in [6.45, 7) is 8.13. The molecular weight excluding hydrogens is 485 g/mol. The van der Waals surface area contributed by atoms with E-state index in [-0.39, 0.29) is 17.2 Å². The highest BCUT2D eigenvalue weighted by Crippen LogP contribution is 2.43. The first kappa shape index (κ1) is 26.2. The van der Waals surface area contributed by atoms with Crippen molar-refractivity contribution in [3.8, 4) is 5.75 Å². The number of amides is 1. The molecule has 38 heavy (non-hydrogen) atoms. The largest absolute Gasteiger partial charge is 0.494 e. The van der Waals surface area contributed by atoms with Gasteiger partial charge in [-0.2, -0.15) is 0 Å². The minimum Gasteiger partial charge on any atom is -0.494 e. The van der Waals surface area contributed by atoms with Crippen molar-refractivity contribution in [2.24, 2.45) is 0 Å². The highest BCUT2D eigenvalue weighted by molar-refractivity contribution is 6.08. The molecule has 1 amide bonds. The molecule has 2 N–H and O–H groups in total. The number of anilines is 1. The van der Waals surface area contributed by atoms with Gasteiger partial charge in [0.25, 0.3) is 11.5 Å². The SMILES string of the molecule is COc1cc([C@H](C)N(C)C(=O)c2c(N3CCN[C@@H](C)CC3)c3cc(C)nc(C4CC4)c3[nH]c2=O)ccc1F. The van der Waals surface area contributed by atoms with Gasteiger partial charge in [0, 0.05) is 49.7 Å². The second kappa shape index (κ2) is 10.4. The summed E-state index contributed by atoms with van der Waals surface area (Å²) in [5.41, 5.74) is 3.62. The minimum atomic E-state index is -0.467. The Morgan fingerprint density at radius 1 is 1.24 bits per heavy atom. The number of aromatic amines is 1. The van der Waals surface area contributed by atoms with Gasteiger partial charge in [-0.1, -0.05) is 6.07 Å². The molecule has 1 aliphatic heterocycles. The van der Waals surface area contributed by atoms with E-state index >= 15 is 0 Å². The average molecular weight is 522 g/mol. The summed E-state index contributed by atoms with van der Waals surface area (Å²) < 4.78 is 19.2. The van der Waals surface area contributed by atoms with Crippen LogP contribution in [0.3, 0.4) is 0 Å². The molecule has 8 nitrogen and oxygen atoms in total. The van der Waals surface area contributed by atoms with E-state index in [1.807, 2.05) is 19.9 Å². The molecule has 1 saturated carbocycles. The summed E-state index contributed by atoms with van der Waals surface area (Å²) in [5, 5.41) is 4.37. The zero-order valence-corrected chi connectivity index (χ0v) is 22.7. The molecule has 2 atom stereocenters. The minimum absolute atomic E-state index is 0.112. The predicted octanol–water partition coefficient (Wildman–Crippen LogP) is 4.28. The Bertz CT molecular complexity index is 1430. The molecule has 5 rings (SSSR count). The third-order valence-electron chi connectivity index (χ3n) is 7.89. The number of hydrogen-bond donors (Lipinski definition) is 2. The molecule has 2 aliphatic rings. The van der Waals surface area contributed by atoms with Crippen molar-refractivity contribution in [3.63, 3.8) is 0 Å². The van der Waals surface area contributed by atoms with Crippen LogP contribution in [0.4, 0.5) is 10.1 Å². The second-order valence-electron chi connectivity index (χ2n) is 10.6. The number of nitrogens with zero attached hydrogens (tertiary/aromatic N) is 3. The van der Waals surface area contributed by atoms with Crippen LogP contribution in [0.1, 0.15) is 72.4 Å². The smallest absolute Gasteiger partial charge is 0.263 e. The maximum absolute atomic E-state index is 14.1. The Labute approximate surface area is 222 Å². The summed E-state index contributed by atoms with van der Waals surface area (Å²) in [7, 11) is 3.09. The Morgan fingerprint density at radius 2 is 2.00 bits per heavy atom. The van der Waals surface area contributed by atoms with E-state index in [9.17, 15) is 14.0 Å². The second-order valence-corrected chi connectivity index (χ2v) is 10.6. The summed E-state index contributed by atoms with van der Waals surface area (Å²) >= 11 is 0. The molecule has 9 heteroatoms. The van der Waals surface area contributed by atoms with Crippen LogP contribution >= 0.6 is 0 Å². The van der Waals surface area contributed by atoms with Crippen LogP contribution in [-0.4, -0.2) is 60.6 Å². The number of ether oxygens (including phenoxy) is 1. The molecule has 0 spiro atoms. The molecule has 0 bridgehead atoms. The van der Waals surface area contributed by atoms with Gasteiger partial charge in [0.05, 0.1) is 30.0 Å². The van der Waals surface area contributed by atoms with Crippen LogP contribution in [0.15, 0.2) is 29.1 Å². The molecule has 0 radical (unpaired) electrons. The first-order chi connectivity index (χ1) is 18.2. The molecule has 0 unspecified atom stereocenters. The van der Waals surface area contributed by atoms with Crippen LogP contribution in [0.5, 0.6) is 5.75 Å². The number of aryl methyl sites for hydroxylation is 1. The van der Waals surface area contributed by atoms with Crippen molar-refractivity contribution in [1.82, 2.24) is 20.2 Å². The highest BCUT2D eigenvalue weighted by atomic mass is 19.1. The molecule has 3 heterocycles. The number of H-pyrrole nitrogens is 1. The number of fused-ring (bicyclic) bond motifs is 1. The number of carbonyl (C=O) groups is 1. The molecule has 1 saturated heterocycles. The lowest BCUT2D eigenvalue weighted by atomic mass is 10.0. The molecular formula is C29H36FN5O3. The number of halogens is 1. The topological polar surface area (TPSA) is 90.6 Å². The number of carbonyl (C=O) groups excluding carboxylic acids is 1. The predicted molar refractivity (Wildman–Crippen MR) is 147 cm³/mol. The lowest BCUT2D eigenvalue weighted by molar-refractivity contribution is 0.0741. The molecule has 1 aliphatic carbocycles. The van der Waals surface area contributed by atoms with Gasteiger partial charge in [-0.25, -0.2) is 4.39 Å². The lowest BCUT2D eigenvalue weighted by Crippen LogP contribution is -2.38. The van der Waals surface area contributed by atoms with Crippen molar-refractivity contribution in [2.75, 3.05) is 38.7 Å². The summed E-state index contributed by atoms with van der Waals surface area (Å²) in [6, 6.07) is 6.46. The Kier molecular flexibility index (Phi) is 7.13. The van der Waals surface area contributed by atoms with E-state index in [2.05, 4.69) is 22.1 Å². The summed E-state index contributed by atoms with van der Waals surface area (Å²) in [5.74, 6) is -0.401. The fourth-order valence-electron chi connectivity index (χ4n) is 5.36.